The zero-order valence-corrected chi connectivity index (χ0v) is 17.9. The number of aliphatic imine (C=N–C) groups is 1. The molecule has 1 unspecified atom stereocenters. The Morgan fingerprint density at radius 3 is 2.28 bits per heavy atom. The second-order valence-corrected chi connectivity index (χ2v) is 5.56. The van der Waals surface area contributed by atoms with E-state index in [2.05, 4.69) is 15.0 Å². The lowest BCUT2D eigenvalue weighted by Crippen LogP contribution is -2.25. The number of rotatable bonds is 7. The quantitative estimate of drug-likeness (QED) is 0.289. The Labute approximate surface area is 182 Å². The van der Waals surface area contributed by atoms with Crippen molar-refractivity contribution in [3.05, 3.63) is 48.0 Å². The van der Waals surface area contributed by atoms with Crippen LogP contribution in [0.2, 0.25) is 0 Å². The lowest BCUT2D eigenvalue weighted by Gasteiger charge is -2.15. The maximum atomic E-state index is 12.5. The first-order valence-electron chi connectivity index (χ1n) is 8.04. The van der Waals surface area contributed by atoms with E-state index in [0.29, 0.717) is 17.1 Å². The molecule has 0 saturated carbocycles. The molecule has 0 aromatic heterocycles. The summed E-state index contributed by atoms with van der Waals surface area (Å²) in [4.78, 5) is 3.96. The lowest BCUT2D eigenvalue weighted by atomic mass is 10.1. The predicted octanol–water partition coefficient (Wildman–Crippen LogP) is 3.68. The largest absolute Gasteiger partial charge is 0.573 e. The fourth-order valence-corrected chi connectivity index (χ4v) is 2.27. The van der Waals surface area contributed by atoms with Crippen LogP contribution >= 0.6 is 24.0 Å². The number of hydrogen-bond donors (Lipinski definition) is 3. The summed E-state index contributed by atoms with van der Waals surface area (Å²) in [5.74, 6) is 0.335. The van der Waals surface area contributed by atoms with Crippen LogP contribution in [0.15, 0.2) is 47.5 Å². The van der Waals surface area contributed by atoms with Gasteiger partial charge in [-0.2, -0.15) is 0 Å². The molecule has 2 rings (SSSR count). The number of aliphatic hydroxyl groups is 1. The maximum Gasteiger partial charge on any atom is 0.573 e. The number of ether oxygens (including phenoxy) is 3. The molecule has 160 valence electrons. The van der Waals surface area contributed by atoms with Crippen LogP contribution in [0, 0.1) is 0 Å². The van der Waals surface area contributed by atoms with Gasteiger partial charge in [-0.15, -0.1) is 37.1 Å². The molecule has 0 amide bonds. The molecule has 29 heavy (non-hydrogen) atoms. The van der Waals surface area contributed by atoms with Crippen molar-refractivity contribution in [1.82, 2.24) is 0 Å². The van der Waals surface area contributed by atoms with Crippen molar-refractivity contribution in [3.63, 3.8) is 0 Å². The van der Waals surface area contributed by atoms with Crippen LogP contribution < -0.4 is 25.3 Å². The second kappa shape index (κ2) is 11.0. The first kappa shape index (κ1) is 24.6. The molecule has 2 aromatic carbocycles. The highest BCUT2D eigenvalue weighted by atomic mass is 127. The summed E-state index contributed by atoms with van der Waals surface area (Å²) in [6.45, 7) is -0.141. The zero-order valence-electron chi connectivity index (χ0n) is 15.6. The van der Waals surface area contributed by atoms with Gasteiger partial charge in [-0.1, -0.05) is 12.1 Å². The average molecular weight is 527 g/mol. The number of nitrogens with zero attached hydrogens (tertiary/aromatic N) is 1. The first-order chi connectivity index (χ1) is 13.2. The summed E-state index contributed by atoms with van der Waals surface area (Å²) in [5.41, 5.74) is 6.18. The normalized spacial score (nSPS) is 12.6. The van der Waals surface area contributed by atoms with Crippen molar-refractivity contribution < 1.29 is 32.5 Å². The number of nitrogens with two attached hydrogens (primary N) is 1. The van der Waals surface area contributed by atoms with Gasteiger partial charge in [0.05, 0.1) is 32.6 Å². The third kappa shape index (κ3) is 7.85. The number of benzene rings is 2. The van der Waals surface area contributed by atoms with Gasteiger partial charge >= 0.3 is 6.36 Å². The average Bonchev–Trinajstić information content (AvgIpc) is 2.66. The van der Waals surface area contributed by atoms with Crippen LogP contribution in [0.5, 0.6) is 17.2 Å². The number of aliphatic hydroxyl groups excluding tert-OH is 1. The number of alkyl halides is 3. The van der Waals surface area contributed by atoms with E-state index in [0.717, 1.165) is 6.07 Å². The van der Waals surface area contributed by atoms with Gasteiger partial charge in [-0.05, 0) is 29.8 Å². The highest BCUT2D eigenvalue weighted by Gasteiger charge is 2.32. The Morgan fingerprint density at radius 2 is 1.72 bits per heavy atom. The Hall–Kier alpha value is -2.41. The van der Waals surface area contributed by atoms with Crippen molar-refractivity contribution in [1.29, 1.82) is 0 Å². The Balaban J connectivity index is 0.00000420. The minimum atomic E-state index is -4.84. The molecule has 0 radical (unpaired) electrons. The van der Waals surface area contributed by atoms with Crippen LogP contribution in [0.4, 0.5) is 18.9 Å². The molecule has 1 atom stereocenters. The third-order valence-corrected chi connectivity index (χ3v) is 3.57. The Bertz CT molecular complexity index is 812. The standard InChI is InChI=1S/C18H20F3N3O4.HI/c1-26-12-7-11(8-13(9-12)27-2)15(25)10-23-17(22)24-14-5-3-4-6-16(14)28-18(19,20)21;/h3-9,15,25H,10H2,1-2H3,(H3,22,23,24);1H. The molecule has 0 aliphatic carbocycles. The Kier molecular flexibility index (Phi) is 9.30. The molecule has 11 heteroatoms. The molecule has 0 saturated heterocycles. The van der Waals surface area contributed by atoms with Crippen molar-refractivity contribution >= 4 is 35.6 Å². The molecule has 0 heterocycles. The number of guanidine groups is 1. The van der Waals surface area contributed by atoms with E-state index in [9.17, 15) is 18.3 Å². The molecular weight excluding hydrogens is 506 g/mol. The zero-order chi connectivity index (χ0) is 20.7. The smallest absolute Gasteiger partial charge is 0.497 e. The van der Waals surface area contributed by atoms with Gasteiger partial charge in [0.1, 0.15) is 11.5 Å². The van der Waals surface area contributed by atoms with Crippen LogP contribution in [0.1, 0.15) is 11.7 Å². The summed E-state index contributed by atoms with van der Waals surface area (Å²) in [6.07, 6.45) is -5.88. The van der Waals surface area contributed by atoms with Crippen molar-refractivity contribution in [2.75, 3.05) is 26.1 Å². The van der Waals surface area contributed by atoms with Crippen LogP contribution in [0.3, 0.4) is 0 Å². The van der Waals surface area contributed by atoms with Gasteiger partial charge in [0.2, 0.25) is 0 Å². The number of nitrogens with one attached hydrogen (secondary N) is 1. The van der Waals surface area contributed by atoms with E-state index in [4.69, 9.17) is 15.2 Å². The van der Waals surface area contributed by atoms with Gasteiger partial charge in [0.15, 0.2) is 11.7 Å². The fourth-order valence-electron chi connectivity index (χ4n) is 2.27. The predicted molar refractivity (Wildman–Crippen MR) is 113 cm³/mol. The van der Waals surface area contributed by atoms with E-state index >= 15 is 0 Å². The number of anilines is 1. The van der Waals surface area contributed by atoms with E-state index < -0.39 is 18.2 Å². The van der Waals surface area contributed by atoms with Gasteiger partial charge in [0, 0.05) is 6.07 Å². The first-order valence-corrected chi connectivity index (χ1v) is 8.04. The highest BCUT2D eigenvalue weighted by molar-refractivity contribution is 14.0. The van der Waals surface area contributed by atoms with Gasteiger partial charge in [-0.3, -0.25) is 4.99 Å². The van der Waals surface area contributed by atoms with Gasteiger partial charge < -0.3 is 30.4 Å². The number of halogens is 4. The molecular formula is C18H21F3IN3O4. The van der Waals surface area contributed by atoms with E-state index in [-0.39, 0.29) is 42.2 Å². The summed E-state index contributed by atoms with van der Waals surface area (Å²) < 4.78 is 51.6. The van der Waals surface area contributed by atoms with Crippen LogP contribution in [-0.4, -0.2) is 38.2 Å². The second-order valence-electron chi connectivity index (χ2n) is 5.56. The summed E-state index contributed by atoms with van der Waals surface area (Å²) in [5, 5.41) is 12.8. The number of methoxy groups -OCH3 is 2. The minimum absolute atomic E-state index is 0. The van der Waals surface area contributed by atoms with E-state index in [1.54, 1.807) is 18.2 Å². The SMILES string of the molecule is COc1cc(OC)cc(C(O)CN=C(N)Nc2ccccc2OC(F)(F)F)c1.I. The minimum Gasteiger partial charge on any atom is -0.497 e. The van der Waals surface area contributed by atoms with Crippen LogP contribution in [-0.2, 0) is 0 Å². The van der Waals surface area contributed by atoms with Crippen molar-refractivity contribution in [2.45, 2.75) is 12.5 Å². The summed E-state index contributed by atoms with van der Waals surface area (Å²) >= 11 is 0. The number of hydrogen-bond acceptors (Lipinski definition) is 5. The molecule has 0 fully saturated rings. The monoisotopic (exact) mass is 527 g/mol. The summed E-state index contributed by atoms with van der Waals surface area (Å²) in [6, 6.07) is 10.3. The molecule has 0 aliphatic heterocycles. The van der Waals surface area contributed by atoms with Crippen molar-refractivity contribution in [3.8, 4) is 17.2 Å². The molecule has 0 spiro atoms. The topological polar surface area (TPSA) is 98.3 Å². The fraction of sp³-hybridized carbons (Fsp3) is 0.278. The van der Waals surface area contributed by atoms with Gasteiger partial charge in [-0.25, -0.2) is 0 Å². The molecule has 0 bridgehead atoms. The molecule has 7 nitrogen and oxygen atoms in total. The molecule has 2 aromatic rings. The molecule has 0 aliphatic rings. The molecule has 4 N–H and O–H groups in total. The van der Waals surface area contributed by atoms with E-state index in [1.165, 1.54) is 32.4 Å². The van der Waals surface area contributed by atoms with Crippen molar-refractivity contribution in [2.24, 2.45) is 10.7 Å². The highest BCUT2D eigenvalue weighted by Crippen LogP contribution is 2.30. The maximum absolute atomic E-state index is 12.5. The lowest BCUT2D eigenvalue weighted by molar-refractivity contribution is -0.274. The number of para-hydroxylation sites is 2. The summed E-state index contributed by atoms with van der Waals surface area (Å²) in [7, 11) is 2.96. The van der Waals surface area contributed by atoms with Gasteiger partial charge in [0.25, 0.3) is 0 Å². The van der Waals surface area contributed by atoms with Crippen LogP contribution in [0.25, 0.3) is 0 Å². The third-order valence-electron chi connectivity index (χ3n) is 3.57. The Morgan fingerprint density at radius 1 is 1.14 bits per heavy atom. The van der Waals surface area contributed by atoms with E-state index in [1.807, 2.05) is 0 Å².